The number of aryl methyl sites for hydroxylation is 1. The molecule has 20 heavy (non-hydrogen) atoms. The van der Waals surface area contributed by atoms with E-state index < -0.39 is 0 Å². The van der Waals surface area contributed by atoms with E-state index in [0.29, 0.717) is 5.82 Å². The highest BCUT2D eigenvalue weighted by Gasteiger charge is 2.09. The first-order chi connectivity index (χ1) is 9.70. The van der Waals surface area contributed by atoms with Crippen molar-refractivity contribution in [2.45, 2.75) is 20.3 Å². The van der Waals surface area contributed by atoms with Crippen molar-refractivity contribution in [2.75, 3.05) is 17.2 Å². The minimum Gasteiger partial charge on any atom is -0.369 e. The maximum Gasteiger partial charge on any atom is 0.275 e. The highest BCUT2D eigenvalue weighted by atomic mass is 16.1. The summed E-state index contributed by atoms with van der Waals surface area (Å²) in [5.41, 5.74) is 1.90. The molecule has 0 aliphatic heterocycles. The number of nitrogens with one attached hydrogen (secondary N) is 2. The zero-order valence-electron chi connectivity index (χ0n) is 11.6. The molecule has 0 saturated carbocycles. The summed E-state index contributed by atoms with van der Waals surface area (Å²) in [5.74, 6) is 0.386. The molecule has 6 nitrogen and oxygen atoms in total. The SMILES string of the molecule is CCCNc1cnc(C(=O)Nc2ccncc2C)cn1. The van der Waals surface area contributed by atoms with Crippen LogP contribution in [0.15, 0.2) is 30.9 Å². The summed E-state index contributed by atoms with van der Waals surface area (Å²) in [6, 6.07) is 1.75. The second-order valence-electron chi connectivity index (χ2n) is 4.36. The van der Waals surface area contributed by atoms with Crippen molar-refractivity contribution in [3.05, 3.63) is 42.1 Å². The van der Waals surface area contributed by atoms with E-state index in [1.165, 1.54) is 6.20 Å². The third kappa shape index (κ3) is 3.50. The first kappa shape index (κ1) is 13.9. The van der Waals surface area contributed by atoms with Crippen molar-refractivity contribution in [2.24, 2.45) is 0 Å². The van der Waals surface area contributed by atoms with Gasteiger partial charge in [0.25, 0.3) is 5.91 Å². The molecule has 6 heteroatoms. The van der Waals surface area contributed by atoms with E-state index in [0.717, 1.165) is 24.2 Å². The first-order valence-electron chi connectivity index (χ1n) is 6.48. The van der Waals surface area contributed by atoms with Crippen LogP contribution in [0.1, 0.15) is 29.4 Å². The molecule has 0 aliphatic rings. The van der Waals surface area contributed by atoms with Gasteiger partial charge in [-0.25, -0.2) is 9.97 Å². The highest BCUT2D eigenvalue weighted by molar-refractivity contribution is 6.03. The normalized spacial score (nSPS) is 10.1. The van der Waals surface area contributed by atoms with Crippen LogP contribution in [0, 0.1) is 6.92 Å². The molecule has 0 aliphatic carbocycles. The number of hydrogen-bond donors (Lipinski definition) is 2. The van der Waals surface area contributed by atoms with Crippen LogP contribution in [0.2, 0.25) is 0 Å². The summed E-state index contributed by atoms with van der Waals surface area (Å²) in [7, 11) is 0. The predicted octanol–water partition coefficient (Wildman–Crippen LogP) is 2.25. The molecular formula is C14H17N5O. The maximum atomic E-state index is 12.0. The first-order valence-corrected chi connectivity index (χ1v) is 6.48. The van der Waals surface area contributed by atoms with Crippen LogP contribution < -0.4 is 10.6 Å². The molecule has 1 amide bonds. The summed E-state index contributed by atoms with van der Waals surface area (Å²) in [4.78, 5) is 24.3. The summed E-state index contributed by atoms with van der Waals surface area (Å²) >= 11 is 0. The van der Waals surface area contributed by atoms with Crippen molar-refractivity contribution in [3.63, 3.8) is 0 Å². The van der Waals surface area contributed by atoms with E-state index in [4.69, 9.17) is 0 Å². The van der Waals surface area contributed by atoms with Crippen LogP contribution in [-0.4, -0.2) is 27.4 Å². The van der Waals surface area contributed by atoms with E-state index in [9.17, 15) is 4.79 Å². The Kier molecular flexibility index (Phi) is 4.60. The molecule has 0 saturated heterocycles. The molecule has 0 aromatic carbocycles. The van der Waals surface area contributed by atoms with E-state index in [1.54, 1.807) is 24.7 Å². The van der Waals surface area contributed by atoms with Gasteiger partial charge in [0.1, 0.15) is 11.5 Å². The lowest BCUT2D eigenvalue weighted by atomic mass is 10.2. The topological polar surface area (TPSA) is 79.8 Å². The number of nitrogens with zero attached hydrogens (tertiary/aromatic N) is 3. The summed E-state index contributed by atoms with van der Waals surface area (Å²) in [5, 5.41) is 5.89. The quantitative estimate of drug-likeness (QED) is 0.872. The van der Waals surface area contributed by atoms with E-state index in [2.05, 4.69) is 32.5 Å². The van der Waals surface area contributed by atoms with Crippen molar-refractivity contribution >= 4 is 17.4 Å². The lowest BCUT2D eigenvalue weighted by Gasteiger charge is -2.07. The molecule has 104 valence electrons. The number of hydrogen-bond acceptors (Lipinski definition) is 5. The zero-order valence-corrected chi connectivity index (χ0v) is 11.6. The number of amides is 1. The second kappa shape index (κ2) is 6.60. The molecule has 0 atom stereocenters. The smallest absolute Gasteiger partial charge is 0.275 e. The van der Waals surface area contributed by atoms with Gasteiger partial charge in [-0.05, 0) is 25.0 Å². The summed E-state index contributed by atoms with van der Waals surface area (Å²) in [6.07, 6.45) is 7.35. The van der Waals surface area contributed by atoms with Crippen molar-refractivity contribution in [3.8, 4) is 0 Å². The van der Waals surface area contributed by atoms with E-state index >= 15 is 0 Å². The van der Waals surface area contributed by atoms with Crippen molar-refractivity contribution in [1.29, 1.82) is 0 Å². The molecule has 0 unspecified atom stereocenters. The van der Waals surface area contributed by atoms with Crippen LogP contribution in [0.25, 0.3) is 0 Å². The molecule has 0 fully saturated rings. The monoisotopic (exact) mass is 271 g/mol. The zero-order chi connectivity index (χ0) is 14.4. The average Bonchev–Trinajstić information content (AvgIpc) is 2.48. The molecule has 2 heterocycles. The Morgan fingerprint density at radius 3 is 2.75 bits per heavy atom. The Morgan fingerprint density at radius 1 is 1.25 bits per heavy atom. The van der Waals surface area contributed by atoms with Crippen LogP contribution >= 0.6 is 0 Å². The van der Waals surface area contributed by atoms with Gasteiger partial charge in [0, 0.05) is 24.6 Å². The number of carbonyl (C=O) groups is 1. The Bertz CT molecular complexity index is 582. The van der Waals surface area contributed by atoms with Gasteiger partial charge in [-0.1, -0.05) is 6.92 Å². The molecule has 2 N–H and O–H groups in total. The predicted molar refractivity (Wildman–Crippen MR) is 77.7 cm³/mol. The van der Waals surface area contributed by atoms with Gasteiger partial charge < -0.3 is 10.6 Å². The lowest BCUT2D eigenvalue weighted by Crippen LogP contribution is -2.15. The minimum atomic E-state index is -0.283. The van der Waals surface area contributed by atoms with Gasteiger partial charge in [0.05, 0.1) is 12.4 Å². The second-order valence-corrected chi connectivity index (χ2v) is 4.36. The van der Waals surface area contributed by atoms with E-state index in [-0.39, 0.29) is 11.6 Å². The number of aromatic nitrogens is 3. The fourth-order valence-electron chi connectivity index (χ4n) is 1.59. The van der Waals surface area contributed by atoms with Gasteiger partial charge in [-0.3, -0.25) is 9.78 Å². The fourth-order valence-corrected chi connectivity index (χ4v) is 1.59. The standard InChI is InChI=1S/C14H17N5O/c1-3-5-16-13-9-17-12(8-18-13)14(20)19-11-4-6-15-7-10(11)2/h4,6-9H,3,5H2,1-2H3,(H,16,18)(H,15,19,20). The van der Waals surface area contributed by atoms with Crippen LogP contribution in [-0.2, 0) is 0 Å². The van der Waals surface area contributed by atoms with E-state index in [1.807, 2.05) is 6.92 Å². The largest absolute Gasteiger partial charge is 0.369 e. The number of rotatable bonds is 5. The Balaban J connectivity index is 2.04. The van der Waals surface area contributed by atoms with Gasteiger partial charge in [0.2, 0.25) is 0 Å². The molecule has 0 spiro atoms. The maximum absolute atomic E-state index is 12.0. The Labute approximate surface area is 117 Å². The summed E-state index contributed by atoms with van der Waals surface area (Å²) in [6.45, 7) is 4.78. The Morgan fingerprint density at radius 2 is 2.10 bits per heavy atom. The number of anilines is 2. The lowest BCUT2D eigenvalue weighted by molar-refractivity contribution is 0.102. The van der Waals surface area contributed by atoms with Gasteiger partial charge in [-0.15, -0.1) is 0 Å². The van der Waals surface area contributed by atoms with Crippen molar-refractivity contribution < 1.29 is 4.79 Å². The Hall–Kier alpha value is -2.50. The van der Waals surface area contributed by atoms with Crippen molar-refractivity contribution in [1.82, 2.24) is 15.0 Å². The van der Waals surface area contributed by atoms with Crippen LogP contribution in [0.5, 0.6) is 0 Å². The third-order valence-corrected chi connectivity index (χ3v) is 2.71. The molecule has 0 radical (unpaired) electrons. The molecule has 2 aromatic heterocycles. The van der Waals surface area contributed by atoms with Gasteiger partial charge >= 0.3 is 0 Å². The van der Waals surface area contributed by atoms with Crippen LogP contribution in [0.4, 0.5) is 11.5 Å². The van der Waals surface area contributed by atoms with Crippen LogP contribution in [0.3, 0.4) is 0 Å². The fraction of sp³-hybridized carbons (Fsp3) is 0.286. The molecule has 2 aromatic rings. The third-order valence-electron chi connectivity index (χ3n) is 2.71. The molecule has 2 rings (SSSR count). The summed E-state index contributed by atoms with van der Waals surface area (Å²) < 4.78 is 0. The van der Waals surface area contributed by atoms with Gasteiger partial charge in [-0.2, -0.15) is 0 Å². The van der Waals surface area contributed by atoms with Gasteiger partial charge in [0.15, 0.2) is 0 Å². The average molecular weight is 271 g/mol. The number of pyridine rings is 1. The number of carbonyl (C=O) groups excluding carboxylic acids is 1. The minimum absolute atomic E-state index is 0.281. The molecular weight excluding hydrogens is 254 g/mol. The molecule has 0 bridgehead atoms. The highest BCUT2D eigenvalue weighted by Crippen LogP contribution is 2.12.